The fourth-order valence-electron chi connectivity index (χ4n) is 4.71. The van der Waals surface area contributed by atoms with Crippen molar-refractivity contribution in [2.45, 2.75) is 45.4 Å². The molecule has 33 heavy (non-hydrogen) atoms. The third-order valence-electron chi connectivity index (χ3n) is 6.19. The van der Waals surface area contributed by atoms with E-state index in [1.165, 1.54) is 0 Å². The van der Waals surface area contributed by atoms with Crippen LogP contribution < -0.4 is 10.9 Å². The van der Waals surface area contributed by atoms with E-state index in [2.05, 4.69) is 10.3 Å². The van der Waals surface area contributed by atoms with Crippen LogP contribution in [0, 0.1) is 0 Å². The first-order valence-electron chi connectivity index (χ1n) is 11.3. The molecule has 170 valence electrons. The highest BCUT2D eigenvalue weighted by molar-refractivity contribution is 6.10. The summed E-state index contributed by atoms with van der Waals surface area (Å²) in [6, 6.07) is 11.9. The second-order valence-corrected chi connectivity index (χ2v) is 8.79. The van der Waals surface area contributed by atoms with Gasteiger partial charge in [-0.15, -0.1) is 0 Å². The first-order chi connectivity index (χ1) is 15.9. The summed E-state index contributed by atoms with van der Waals surface area (Å²) in [6.07, 6.45) is 1.57. The van der Waals surface area contributed by atoms with Gasteiger partial charge in [-0.1, -0.05) is 12.1 Å². The quantitative estimate of drug-likeness (QED) is 0.668. The van der Waals surface area contributed by atoms with Gasteiger partial charge in [-0.3, -0.25) is 19.0 Å². The summed E-state index contributed by atoms with van der Waals surface area (Å²) in [7, 11) is 0. The Labute approximate surface area is 191 Å². The van der Waals surface area contributed by atoms with Gasteiger partial charge in [-0.05, 0) is 50.6 Å². The lowest BCUT2D eigenvalue weighted by Gasteiger charge is -2.35. The lowest BCUT2D eigenvalue weighted by molar-refractivity contribution is -0.0585. The average molecular weight is 447 g/mol. The maximum Gasteiger partial charge on any atom is 0.261 e. The third kappa shape index (κ3) is 4.02. The zero-order valence-electron chi connectivity index (χ0n) is 18.7. The SMILES string of the molecule is C[C@H]1CN(C(=O)c2ccccc2NC(=O)c2ccc3c(=O)n4c(nc3c2)CCC4)C[C@H](C)O1. The molecule has 0 saturated carbocycles. The fraction of sp³-hybridized carbons (Fsp3) is 0.360. The van der Waals surface area contributed by atoms with Gasteiger partial charge >= 0.3 is 0 Å². The maximum atomic E-state index is 13.2. The Hall–Kier alpha value is -3.52. The highest BCUT2D eigenvalue weighted by Crippen LogP contribution is 2.22. The molecule has 5 rings (SSSR count). The van der Waals surface area contributed by atoms with Crippen molar-refractivity contribution in [3.63, 3.8) is 0 Å². The number of benzene rings is 2. The molecule has 1 fully saturated rings. The van der Waals surface area contributed by atoms with Crippen LogP contribution in [0.5, 0.6) is 0 Å². The molecule has 0 unspecified atom stereocenters. The Morgan fingerprint density at radius 2 is 1.85 bits per heavy atom. The highest BCUT2D eigenvalue weighted by Gasteiger charge is 2.28. The molecule has 3 aromatic rings. The number of rotatable bonds is 3. The summed E-state index contributed by atoms with van der Waals surface area (Å²) >= 11 is 0. The van der Waals surface area contributed by atoms with Gasteiger partial charge in [0, 0.05) is 31.6 Å². The average Bonchev–Trinajstić information content (AvgIpc) is 3.27. The largest absolute Gasteiger partial charge is 0.372 e. The zero-order chi connectivity index (χ0) is 23.1. The van der Waals surface area contributed by atoms with Crippen molar-refractivity contribution < 1.29 is 14.3 Å². The second kappa shape index (κ2) is 8.44. The van der Waals surface area contributed by atoms with Crippen LogP contribution in [0.3, 0.4) is 0 Å². The van der Waals surface area contributed by atoms with Crippen LogP contribution in [-0.4, -0.2) is 51.6 Å². The van der Waals surface area contributed by atoms with E-state index in [-0.39, 0.29) is 29.6 Å². The van der Waals surface area contributed by atoms with Crippen molar-refractivity contribution in [1.29, 1.82) is 0 Å². The van der Waals surface area contributed by atoms with Gasteiger partial charge in [0.15, 0.2) is 0 Å². The molecule has 1 saturated heterocycles. The summed E-state index contributed by atoms with van der Waals surface area (Å²) in [4.78, 5) is 45.3. The topological polar surface area (TPSA) is 93.5 Å². The minimum absolute atomic E-state index is 0.0462. The van der Waals surface area contributed by atoms with Gasteiger partial charge in [0.25, 0.3) is 17.4 Å². The van der Waals surface area contributed by atoms with Gasteiger partial charge in [0.2, 0.25) is 0 Å². The number of carbonyl (C=O) groups excluding carboxylic acids is 2. The molecule has 2 amide bonds. The lowest BCUT2D eigenvalue weighted by atomic mass is 10.1. The summed E-state index contributed by atoms with van der Waals surface area (Å²) in [5.74, 6) is 0.259. The number of hydrogen-bond donors (Lipinski definition) is 1. The monoisotopic (exact) mass is 446 g/mol. The molecular formula is C25H26N4O4. The molecule has 1 N–H and O–H groups in total. The van der Waals surface area contributed by atoms with Crippen LogP contribution in [0.25, 0.3) is 10.9 Å². The molecule has 2 aliphatic rings. The number of hydrogen-bond acceptors (Lipinski definition) is 5. The standard InChI is InChI=1S/C25H26N4O4/c1-15-13-28(14-16(2)33-15)24(31)18-6-3-4-7-20(18)27-23(30)17-9-10-19-21(12-17)26-22-8-5-11-29(22)25(19)32/h3-4,6-7,9-10,12,15-16H,5,8,11,13-14H2,1-2H3,(H,27,30)/t15-,16-/m0/s1. The number of ether oxygens (including phenoxy) is 1. The zero-order valence-corrected chi connectivity index (χ0v) is 18.7. The Kier molecular flexibility index (Phi) is 5.46. The number of para-hydroxylation sites is 1. The molecule has 0 aliphatic carbocycles. The molecule has 2 aromatic carbocycles. The van der Waals surface area contributed by atoms with Gasteiger partial charge in [0.1, 0.15) is 5.82 Å². The van der Waals surface area contributed by atoms with E-state index in [1.54, 1.807) is 51.9 Å². The highest BCUT2D eigenvalue weighted by atomic mass is 16.5. The number of carbonyl (C=O) groups is 2. The van der Waals surface area contributed by atoms with E-state index in [0.717, 1.165) is 18.7 Å². The predicted octanol–water partition coefficient (Wildman–Crippen LogP) is 2.84. The molecule has 0 bridgehead atoms. The van der Waals surface area contributed by atoms with E-state index in [1.807, 2.05) is 13.8 Å². The van der Waals surface area contributed by atoms with E-state index in [0.29, 0.717) is 47.4 Å². The number of fused-ring (bicyclic) bond motifs is 2. The predicted molar refractivity (Wildman–Crippen MR) is 125 cm³/mol. The van der Waals surface area contributed by atoms with Gasteiger partial charge in [-0.25, -0.2) is 4.98 Å². The molecule has 0 radical (unpaired) electrons. The van der Waals surface area contributed by atoms with Gasteiger partial charge in [0.05, 0.1) is 34.4 Å². The number of amides is 2. The molecule has 2 aliphatic heterocycles. The summed E-state index contributed by atoms with van der Waals surface area (Å²) in [5.41, 5.74) is 1.71. The van der Waals surface area contributed by atoms with Crippen LogP contribution >= 0.6 is 0 Å². The number of anilines is 1. The van der Waals surface area contributed by atoms with E-state index in [4.69, 9.17) is 4.74 Å². The number of nitrogens with zero attached hydrogens (tertiary/aromatic N) is 3. The molecule has 8 heteroatoms. The van der Waals surface area contributed by atoms with Crippen LogP contribution in [0.4, 0.5) is 5.69 Å². The van der Waals surface area contributed by atoms with Crippen molar-refractivity contribution in [2.24, 2.45) is 0 Å². The number of morpholine rings is 1. The van der Waals surface area contributed by atoms with Crippen LogP contribution in [0.1, 0.15) is 46.8 Å². The van der Waals surface area contributed by atoms with Gasteiger partial charge < -0.3 is 15.0 Å². The number of aryl methyl sites for hydroxylation is 1. The lowest BCUT2D eigenvalue weighted by Crippen LogP contribution is -2.48. The van der Waals surface area contributed by atoms with Crippen molar-refractivity contribution in [2.75, 3.05) is 18.4 Å². The molecule has 0 spiro atoms. The first-order valence-corrected chi connectivity index (χ1v) is 11.3. The third-order valence-corrected chi connectivity index (χ3v) is 6.19. The fourth-order valence-corrected chi connectivity index (χ4v) is 4.71. The van der Waals surface area contributed by atoms with Crippen molar-refractivity contribution in [3.05, 3.63) is 69.8 Å². The van der Waals surface area contributed by atoms with Crippen molar-refractivity contribution >= 4 is 28.4 Å². The number of aromatic nitrogens is 2. The smallest absolute Gasteiger partial charge is 0.261 e. The van der Waals surface area contributed by atoms with Crippen LogP contribution in [0.15, 0.2) is 47.3 Å². The first kappa shape index (κ1) is 21.3. The van der Waals surface area contributed by atoms with E-state index < -0.39 is 0 Å². The molecule has 8 nitrogen and oxygen atoms in total. The Morgan fingerprint density at radius 1 is 1.09 bits per heavy atom. The summed E-state index contributed by atoms with van der Waals surface area (Å²) in [5, 5.41) is 3.38. The Morgan fingerprint density at radius 3 is 2.64 bits per heavy atom. The van der Waals surface area contributed by atoms with E-state index >= 15 is 0 Å². The van der Waals surface area contributed by atoms with Gasteiger partial charge in [-0.2, -0.15) is 0 Å². The van der Waals surface area contributed by atoms with Crippen molar-refractivity contribution in [1.82, 2.24) is 14.5 Å². The minimum Gasteiger partial charge on any atom is -0.372 e. The number of nitrogens with one attached hydrogen (secondary N) is 1. The maximum absolute atomic E-state index is 13.2. The second-order valence-electron chi connectivity index (χ2n) is 8.79. The molecule has 2 atom stereocenters. The molecule has 3 heterocycles. The van der Waals surface area contributed by atoms with Crippen LogP contribution in [0.2, 0.25) is 0 Å². The normalized spacial score (nSPS) is 20.0. The summed E-state index contributed by atoms with van der Waals surface area (Å²) in [6.45, 7) is 5.57. The minimum atomic E-state index is -0.358. The van der Waals surface area contributed by atoms with Crippen molar-refractivity contribution in [3.8, 4) is 0 Å². The molecule has 1 aromatic heterocycles. The summed E-state index contributed by atoms with van der Waals surface area (Å²) < 4.78 is 7.44. The Balaban J connectivity index is 1.42. The van der Waals surface area contributed by atoms with Crippen LogP contribution in [-0.2, 0) is 17.7 Å². The molecular weight excluding hydrogens is 420 g/mol. The Bertz CT molecular complexity index is 1310. The van der Waals surface area contributed by atoms with E-state index in [9.17, 15) is 14.4 Å².